The molecule has 1 aromatic carbocycles. The number of aromatic nitrogens is 1. The number of methoxy groups -OCH3 is 2. The molecule has 3 rings (SSSR count). The molecule has 0 bridgehead atoms. The van der Waals surface area contributed by atoms with Crippen LogP contribution in [0.3, 0.4) is 0 Å². The Bertz CT molecular complexity index is 897. The van der Waals surface area contributed by atoms with Crippen LogP contribution >= 0.6 is 11.3 Å². The maximum Gasteiger partial charge on any atom is 0.358 e. The standard InChI is InChI=1S/C16H19N3O5S2/c1-23-13-6-4-3-5-11(13)12-9-17-7-8-19(12)26(21,22)16-14(15(20)24-2)18-10-25-16/h3-6,10,12,17H,7-9H2,1-2H3. The minimum Gasteiger partial charge on any atom is -0.496 e. The molecule has 0 amide bonds. The van der Waals surface area contributed by atoms with Crippen molar-refractivity contribution in [2.45, 2.75) is 10.3 Å². The number of hydrogen-bond donors (Lipinski definition) is 1. The predicted molar refractivity (Wildman–Crippen MR) is 96.0 cm³/mol. The molecular formula is C16H19N3O5S2. The largest absolute Gasteiger partial charge is 0.496 e. The average molecular weight is 397 g/mol. The Hall–Kier alpha value is -2.01. The van der Waals surface area contributed by atoms with E-state index in [1.54, 1.807) is 13.2 Å². The van der Waals surface area contributed by atoms with Gasteiger partial charge in [-0.05, 0) is 6.07 Å². The first-order valence-electron chi connectivity index (χ1n) is 7.88. The van der Waals surface area contributed by atoms with E-state index in [4.69, 9.17) is 4.74 Å². The number of carbonyl (C=O) groups excluding carboxylic acids is 1. The van der Waals surface area contributed by atoms with Crippen molar-refractivity contribution in [3.05, 3.63) is 41.0 Å². The first-order valence-corrected chi connectivity index (χ1v) is 10.2. The van der Waals surface area contributed by atoms with Crippen molar-refractivity contribution in [3.8, 4) is 5.75 Å². The molecule has 0 spiro atoms. The summed E-state index contributed by atoms with van der Waals surface area (Å²) in [5, 5.41) is 3.22. The summed E-state index contributed by atoms with van der Waals surface area (Å²) in [6.07, 6.45) is 0. The lowest BCUT2D eigenvalue weighted by molar-refractivity contribution is 0.0590. The fourth-order valence-electron chi connectivity index (χ4n) is 2.94. The Morgan fingerprint density at radius 3 is 2.85 bits per heavy atom. The summed E-state index contributed by atoms with van der Waals surface area (Å²) >= 11 is 0.908. The number of rotatable bonds is 5. The van der Waals surface area contributed by atoms with Gasteiger partial charge in [-0.1, -0.05) is 18.2 Å². The van der Waals surface area contributed by atoms with Gasteiger partial charge in [0.25, 0.3) is 10.0 Å². The van der Waals surface area contributed by atoms with Gasteiger partial charge in [-0.25, -0.2) is 18.2 Å². The maximum absolute atomic E-state index is 13.3. The zero-order chi connectivity index (χ0) is 18.7. The molecule has 1 fully saturated rings. The van der Waals surface area contributed by atoms with E-state index in [1.807, 2.05) is 18.2 Å². The molecule has 1 atom stereocenters. The summed E-state index contributed by atoms with van der Waals surface area (Å²) in [4.78, 5) is 15.8. The summed E-state index contributed by atoms with van der Waals surface area (Å²) < 4.78 is 37.9. The Kier molecular flexibility index (Phi) is 5.56. The Morgan fingerprint density at radius 2 is 2.12 bits per heavy atom. The highest BCUT2D eigenvalue weighted by Crippen LogP contribution is 2.35. The van der Waals surface area contributed by atoms with Crippen LogP contribution in [0, 0.1) is 0 Å². The van der Waals surface area contributed by atoms with Crippen LogP contribution in [0.2, 0.25) is 0 Å². The third-order valence-electron chi connectivity index (χ3n) is 4.15. The Balaban J connectivity index is 2.05. The van der Waals surface area contributed by atoms with Crippen LogP contribution in [0.5, 0.6) is 5.75 Å². The van der Waals surface area contributed by atoms with Crippen molar-refractivity contribution >= 4 is 27.3 Å². The van der Waals surface area contributed by atoms with Crippen molar-refractivity contribution in [1.29, 1.82) is 0 Å². The molecule has 0 saturated carbocycles. The van der Waals surface area contributed by atoms with Crippen molar-refractivity contribution in [3.63, 3.8) is 0 Å². The van der Waals surface area contributed by atoms with Gasteiger partial charge in [0.15, 0.2) is 9.90 Å². The Labute approximate surface area is 155 Å². The van der Waals surface area contributed by atoms with Gasteiger partial charge in [0.2, 0.25) is 0 Å². The summed E-state index contributed by atoms with van der Waals surface area (Å²) in [5.74, 6) is -0.160. The zero-order valence-electron chi connectivity index (χ0n) is 14.3. The van der Waals surface area contributed by atoms with Crippen LogP contribution < -0.4 is 10.1 Å². The molecule has 1 unspecified atom stereocenters. The Morgan fingerprint density at radius 1 is 1.35 bits per heavy atom. The van der Waals surface area contributed by atoms with Crippen LogP contribution in [0.15, 0.2) is 34.0 Å². The minimum atomic E-state index is -3.93. The zero-order valence-corrected chi connectivity index (χ0v) is 16.0. The summed E-state index contributed by atoms with van der Waals surface area (Å²) in [6, 6.07) is 6.84. The highest BCUT2D eigenvalue weighted by molar-refractivity contribution is 7.91. The number of piperazine rings is 1. The molecule has 0 aliphatic carbocycles. The minimum absolute atomic E-state index is 0.105. The fraction of sp³-hybridized carbons (Fsp3) is 0.375. The van der Waals surface area contributed by atoms with Crippen LogP contribution in [-0.2, 0) is 14.8 Å². The van der Waals surface area contributed by atoms with Crippen molar-refractivity contribution in [1.82, 2.24) is 14.6 Å². The molecule has 26 heavy (non-hydrogen) atoms. The van der Waals surface area contributed by atoms with Crippen LogP contribution in [0.1, 0.15) is 22.1 Å². The summed E-state index contributed by atoms with van der Waals surface area (Å²) in [6.45, 7) is 1.22. The number of para-hydroxylation sites is 1. The molecule has 0 radical (unpaired) electrons. The SMILES string of the molecule is COC(=O)c1ncsc1S(=O)(=O)N1CCNCC1c1ccccc1OC. The molecule has 140 valence electrons. The third-order valence-corrected chi connectivity index (χ3v) is 7.40. The second-order valence-electron chi connectivity index (χ2n) is 5.56. The van der Waals surface area contributed by atoms with Gasteiger partial charge in [-0.15, -0.1) is 11.3 Å². The highest BCUT2D eigenvalue weighted by Gasteiger charge is 2.39. The molecule has 2 aromatic rings. The second-order valence-corrected chi connectivity index (χ2v) is 8.50. The van der Waals surface area contributed by atoms with E-state index in [9.17, 15) is 13.2 Å². The number of thiazole rings is 1. The molecule has 2 heterocycles. The number of nitrogens with one attached hydrogen (secondary N) is 1. The quantitative estimate of drug-likeness (QED) is 0.759. The summed E-state index contributed by atoms with van der Waals surface area (Å²) in [5.41, 5.74) is 1.91. The molecule has 8 nitrogen and oxygen atoms in total. The molecule has 1 N–H and O–H groups in total. The molecular weight excluding hydrogens is 378 g/mol. The van der Waals surface area contributed by atoms with Gasteiger partial charge in [-0.3, -0.25) is 0 Å². The molecule has 1 aromatic heterocycles. The molecule has 1 saturated heterocycles. The van der Waals surface area contributed by atoms with Gasteiger partial charge >= 0.3 is 5.97 Å². The number of sulfonamides is 1. The lowest BCUT2D eigenvalue weighted by atomic mass is 10.0. The van der Waals surface area contributed by atoms with Crippen LogP contribution in [-0.4, -0.2) is 57.5 Å². The van der Waals surface area contributed by atoms with E-state index < -0.39 is 22.0 Å². The van der Waals surface area contributed by atoms with E-state index >= 15 is 0 Å². The van der Waals surface area contributed by atoms with E-state index in [0.717, 1.165) is 16.9 Å². The van der Waals surface area contributed by atoms with E-state index in [1.165, 1.54) is 16.9 Å². The van der Waals surface area contributed by atoms with Crippen molar-refractivity contribution in [2.75, 3.05) is 33.9 Å². The molecule has 10 heteroatoms. The number of nitrogens with zero attached hydrogens (tertiary/aromatic N) is 2. The number of ether oxygens (including phenoxy) is 2. The van der Waals surface area contributed by atoms with Crippen LogP contribution in [0.4, 0.5) is 0 Å². The fourth-order valence-corrected chi connectivity index (χ4v) is 5.79. The van der Waals surface area contributed by atoms with Gasteiger partial charge in [0.05, 0.1) is 25.8 Å². The van der Waals surface area contributed by atoms with Crippen molar-refractivity contribution in [2.24, 2.45) is 0 Å². The number of benzene rings is 1. The first-order chi connectivity index (χ1) is 12.5. The van der Waals surface area contributed by atoms with Crippen molar-refractivity contribution < 1.29 is 22.7 Å². The first kappa shape index (κ1) is 18.8. The average Bonchev–Trinajstić information content (AvgIpc) is 3.18. The topological polar surface area (TPSA) is 97.8 Å². The monoisotopic (exact) mass is 397 g/mol. The normalized spacial score (nSPS) is 18.5. The van der Waals surface area contributed by atoms with Crippen LogP contribution in [0.25, 0.3) is 0 Å². The van der Waals surface area contributed by atoms with Gasteiger partial charge < -0.3 is 14.8 Å². The number of esters is 1. The summed E-state index contributed by atoms with van der Waals surface area (Å²) in [7, 11) is -1.19. The number of hydrogen-bond acceptors (Lipinski definition) is 8. The van der Waals surface area contributed by atoms with Gasteiger partial charge in [0.1, 0.15) is 5.75 Å². The third kappa shape index (κ3) is 3.32. The molecule has 1 aliphatic heterocycles. The van der Waals surface area contributed by atoms with E-state index in [2.05, 4.69) is 15.0 Å². The molecule has 1 aliphatic rings. The smallest absolute Gasteiger partial charge is 0.358 e. The number of carbonyl (C=O) groups is 1. The second kappa shape index (κ2) is 7.70. The predicted octanol–water partition coefficient (Wildman–Crippen LogP) is 1.27. The maximum atomic E-state index is 13.3. The lowest BCUT2D eigenvalue weighted by Gasteiger charge is -2.35. The van der Waals surface area contributed by atoms with Gasteiger partial charge in [-0.2, -0.15) is 4.31 Å². The lowest BCUT2D eigenvalue weighted by Crippen LogP contribution is -2.48. The van der Waals surface area contributed by atoms with E-state index in [0.29, 0.717) is 18.8 Å². The highest BCUT2D eigenvalue weighted by atomic mass is 32.2. The van der Waals surface area contributed by atoms with E-state index in [-0.39, 0.29) is 16.4 Å². The van der Waals surface area contributed by atoms with Gasteiger partial charge in [0, 0.05) is 25.2 Å².